The molecule has 34 heavy (non-hydrogen) atoms. The summed E-state index contributed by atoms with van der Waals surface area (Å²) in [5.74, 6) is 0.568. The third kappa shape index (κ3) is 5.67. The number of aryl methyl sites for hydroxylation is 1. The van der Waals surface area contributed by atoms with Crippen LogP contribution in [0.3, 0.4) is 0 Å². The first-order valence-corrected chi connectivity index (χ1v) is 11.5. The lowest BCUT2D eigenvalue weighted by Gasteiger charge is -2.22. The normalized spacial score (nSPS) is 12.8. The van der Waals surface area contributed by atoms with Crippen molar-refractivity contribution in [3.8, 4) is 5.75 Å². The summed E-state index contributed by atoms with van der Waals surface area (Å²) in [5.41, 5.74) is 4.72. The number of carbonyl (C=O) groups is 2. The van der Waals surface area contributed by atoms with Crippen molar-refractivity contribution in [1.29, 1.82) is 0 Å². The Morgan fingerprint density at radius 3 is 2.32 bits per heavy atom. The molecule has 0 aliphatic carbocycles. The van der Waals surface area contributed by atoms with Crippen LogP contribution in [0.1, 0.15) is 34.3 Å². The van der Waals surface area contributed by atoms with Crippen molar-refractivity contribution in [3.63, 3.8) is 0 Å². The average Bonchev–Trinajstić information content (AvgIpc) is 3.39. The molecule has 1 aliphatic rings. The second kappa shape index (κ2) is 10.7. The Morgan fingerprint density at radius 2 is 1.62 bits per heavy atom. The van der Waals surface area contributed by atoms with Crippen LogP contribution in [0, 0.1) is 6.92 Å². The quantitative estimate of drug-likeness (QED) is 0.456. The molecule has 0 unspecified atom stereocenters. The molecule has 0 spiro atoms. The molecular weight excluding hydrogens is 428 g/mol. The zero-order valence-corrected chi connectivity index (χ0v) is 19.6. The average molecular weight is 459 g/mol. The second-order valence-corrected chi connectivity index (χ2v) is 8.35. The fourth-order valence-electron chi connectivity index (χ4n) is 4.03. The number of nitrogens with one attached hydrogen (secondary N) is 3. The molecule has 3 aromatic carbocycles. The van der Waals surface area contributed by atoms with Crippen molar-refractivity contribution in [2.24, 2.45) is 0 Å². The van der Waals surface area contributed by atoms with Gasteiger partial charge in [0.25, 0.3) is 5.91 Å². The Morgan fingerprint density at radius 1 is 0.912 bits per heavy atom. The highest BCUT2D eigenvalue weighted by Crippen LogP contribution is 2.30. The largest absolute Gasteiger partial charge is 0.497 e. The number of hydrogen-bond acceptors (Lipinski definition) is 4. The number of urea groups is 1. The smallest absolute Gasteiger partial charge is 0.323 e. The first-order chi connectivity index (χ1) is 16.5. The van der Waals surface area contributed by atoms with E-state index in [1.807, 2.05) is 61.5 Å². The van der Waals surface area contributed by atoms with Gasteiger partial charge in [-0.3, -0.25) is 4.79 Å². The van der Waals surface area contributed by atoms with Gasteiger partial charge in [0.2, 0.25) is 0 Å². The number of rotatable bonds is 7. The summed E-state index contributed by atoms with van der Waals surface area (Å²) in [6, 6.07) is 20.3. The number of benzene rings is 3. The molecule has 3 amide bonds. The zero-order chi connectivity index (χ0) is 23.9. The topological polar surface area (TPSA) is 82.7 Å². The van der Waals surface area contributed by atoms with Gasteiger partial charge in [0.05, 0.1) is 18.5 Å². The second-order valence-electron chi connectivity index (χ2n) is 8.35. The van der Waals surface area contributed by atoms with Crippen LogP contribution in [0.5, 0.6) is 5.75 Å². The molecular formula is C27H30N4O3. The summed E-state index contributed by atoms with van der Waals surface area (Å²) in [4.78, 5) is 27.9. The van der Waals surface area contributed by atoms with Crippen molar-refractivity contribution in [2.75, 3.05) is 35.7 Å². The first-order valence-electron chi connectivity index (χ1n) is 11.5. The Labute approximate surface area is 200 Å². The molecule has 176 valence electrons. The lowest BCUT2D eigenvalue weighted by atomic mass is 10.1. The van der Waals surface area contributed by atoms with E-state index in [1.165, 1.54) is 0 Å². The van der Waals surface area contributed by atoms with E-state index in [9.17, 15) is 9.59 Å². The van der Waals surface area contributed by atoms with Crippen molar-refractivity contribution < 1.29 is 14.3 Å². The maximum Gasteiger partial charge on any atom is 0.323 e. The highest BCUT2D eigenvalue weighted by molar-refractivity contribution is 6.04. The van der Waals surface area contributed by atoms with Gasteiger partial charge >= 0.3 is 6.03 Å². The molecule has 1 fully saturated rings. The first kappa shape index (κ1) is 23.2. The summed E-state index contributed by atoms with van der Waals surface area (Å²) >= 11 is 0. The molecule has 1 saturated heterocycles. The van der Waals surface area contributed by atoms with E-state index in [0.717, 1.165) is 54.2 Å². The number of amides is 3. The molecule has 0 bridgehead atoms. The number of nitrogens with zero attached hydrogens (tertiary/aromatic N) is 1. The van der Waals surface area contributed by atoms with Gasteiger partial charge in [-0.2, -0.15) is 0 Å². The maximum atomic E-state index is 12.9. The third-order valence-electron chi connectivity index (χ3n) is 5.96. The van der Waals surface area contributed by atoms with E-state index in [-0.39, 0.29) is 11.9 Å². The van der Waals surface area contributed by atoms with Gasteiger partial charge in [0.1, 0.15) is 5.75 Å². The molecule has 4 rings (SSSR count). The molecule has 1 aliphatic heterocycles. The highest BCUT2D eigenvalue weighted by Gasteiger charge is 2.19. The van der Waals surface area contributed by atoms with E-state index >= 15 is 0 Å². The third-order valence-corrected chi connectivity index (χ3v) is 5.96. The molecule has 0 radical (unpaired) electrons. The van der Waals surface area contributed by atoms with E-state index in [0.29, 0.717) is 17.8 Å². The van der Waals surface area contributed by atoms with E-state index in [4.69, 9.17) is 4.74 Å². The number of anilines is 3. The molecule has 7 heteroatoms. The fourth-order valence-corrected chi connectivity index (χ4v) is 4.03. The van der Waals surface area contributed by atoms with Gasteiger partial charge in [-0.05, 0) is 67.3 Å². The van der Waals surface area contributed by atoms with Gasteiger partial charge < -0.3 is 25.6 Å². The Bertz CT molecular complexity index is 1150. The summed E-state index contributed by atoms with van der Waals surface area (Å²) in [5, 5.41) is 8.81. The molecule has 0 atom stereocenters. The predicted octanol–water partition coefficient (Wildman–Crippen LogP) is 5.18. The molecule has 3 aromatic rings. The van der Waals surface area contributed by atoms with Crippen LogP contribution in [-0.4, -0.2) is 32.1 Å². The van der Waals surface area contributed by atoms with Gasteiger partial charge in [-0.15, -0.1) is 0 Å². The standard InChI is InChI=1S/C27H30N4O3/c1-19-7-3-4-8-23(19)29-27(33)30-24-17-21(11-14-25(24)31-15-5-6-16-31)26(32)28-18-20-9-12-22(34-2)13-10-20/h3-4,7-14,17H,5-6,15-16,18H2,1-2H3,(H,28,32)(H2,29,30,33). The van der Waals surface area contributed by atoms with Crippen LogP contribution in [0.15, 0.2) is 66.7 Å². The van der Waals surface area contributed by atoms with Crippen LogP contribution < -0.4 is 25.6 Å². The van der Waals surface area contributed by atoms with E-state index < -0.39 is 0 Å². The van der Waals surface area contributed by atoms with Crippen LogP contribution in [0.2, 0.25) is 0 Å². The van der Waals surface area contributed by atoms with E-state index in [2.05, 4.69) is 20.9 Å². The lowest BCUT2D eigenvalue weighted by Crippen LogP contribution is -2.26. The fraction of sp³-hybridized carbons (Fsp3) is 0.259. The lowest BCUT2D eigenvalue weighted by molar-refractivity contribution is 0.0951. The minimum Gasteiger partial charge on any atom is -0.497 e. The monoisotopic (exact) mass is 458 g/mol. The molecule has 1 heterocycles. The SMILES string of the molecule is COc1ccc(CNC(=O)c2ccc(N3CCCC3)c(NC(=O)Nc3ccccc3C)c2)cc1. The maximum absolute atomic E-state index is 12.9. The number of carbonyl (C=O) groups excluding carboxylic acids is 2. The Balaban J connectivity index is 1.49. The van der Waals surface area contributed by atoms with Crippen LogP contribution in [0.4, 0.5) is 21.9 Å². The van der Waals surface area contributed by atoms with Crippen LogP contribution in [-0.2, 0) is 6.54 Å². The van der Waals surface area contributed by atoms with Gasteiger partial charge in [0.15, 0.2) is 0 Å². The van der Waals surface area contributed by atoms with Crippen molar-refractivity contribution in [1.82, 2.24) is 5.32 Å². The minimum atomic E-state index is -0.342. The Kier molecular flexibility index (Phi) is 7.32. The number of ether oxygens (including phenoxy) is 1. The van der Waals surface area contributed by atoms with Crippen molar-refractivity contribution >= 4 is 29.0 Å². The van der Waals surface area contributed by atoms with Crippen LogP contribution >= 0.6 is 0 Å². The van der Waals surface area contributed by atoms with Crippen molar-refractivity contribution in [2.45, 2.75) is 26.3 Å². The van der Waals surface area contributed by atoms with Gasteiger partial charge in [-0.25, -0.2) is 4.79 Å². The van der Waals surface area contributed by atoms with Gasteiger partial charge in [0, 0.05) is 30.9 Å². The molecule has 7 nitrogen and oxygen atoms in total. The van der Waals surface area contributed by atoms with Gasteiger partial charge in [-0.1, -0.05) is 30.3 Å². The predicted molar refractivity (Wildman–Crippen MR) is 136 cm³/mol. The van der Waals surface area contributed by atoms with Crippen LogP contribution in [0.25, 0.3) is 0 Å². The molecule has 3 N–H and O–H groups in total. The summed E-state index contributed by atoms with van der Waals surface area (Å²) in [7, 11) is 1.62. The number of para-hydroxylation sites is 1. The summed E-state index contributed by atoms with van der Waals surface area (Å²) < 4.78 is 5.18. The summed E-state index contributed by atoms with van der Waals surface area (Å²) in [6.45, 7) is 4.19. The highest BCUT2D eigenvalue weighted by atomic mass is 16.5. The van der Waals surface area contributed by atoms with E-state index in [1.54, 1.807) is 19.2 Å². The van der Waals surface area contributed by atoms with Crippen molar-refractivity contribution in [3.05, 3.63) is 83.4 Å². The minimum absolute atomic E-state index is 0.203. The Hall–Kier alpha value is -4.00. The summed E-state index contributed by atoms with van der Waals surface area (Å²) in [6.07, 6.45) is 2.22. The number of hydrogen-bond donors (Lipinski definition) is 3. The zero-order valence-electron chi connectivity index (χ0n) is 19.6. The number of methoxy groups -OCH3 is 1. The molecule has 0 aromatic heterocycles. The molecule has 0 saturated carbocycles.